The van der Waals surface area contributed by atoms with Crippen LogP contribution in [0.5, 0.6) is 0 Å². The fraction of sp³-hybridized carbons (Fsp3) is 0.500. The number of rotatable bonds is 11. The Morgan fingerprint density at radius 1 is 1.28 bits per heavy atom. The summed E-state index contributed by atoms with van der Waals surface area (Å²) < 4.78 is 45.7. The lowest BCUT2D eigenvalue weighted by atomic mass is 10.2. The van der Waals surface area contributed by atoms with E-state index >= 15 is 4.39 Å². The van der Waals surface area contributed by atoms with Crippen LogP contribution in [0, 0.1) is 6.57 Å². The number of alkyl halides is 1. The number of benzene rings is 1. The fourth-order valence-corrected chi connectivity index (χ4v) is 6.09. The number of hydrogen-bond acceptors (Lipinski definition) is 8. The van der Waals surface area contributed by atoms with Crippen molar-refractivity contribution in [2.75, 3.05) is 18.5 Å². The van der Waals surface area contributed by atoms with Crippen molar-refractivity contribution in [3.63, 3.8) is 0 Å². The molecule has 0 aliphatic carbocycles. The quantitative estimate of drug-likeness (QED) is 0.199. The largest absolute Gasteiger partial charge is 0.349 e. The van der Waals surface area contributed by atoms with Gasteiger partial charge in [0.05, 0.1) is 12.4 Å². The van der Waals surface area contributed by atoms with Crippen LogP contribution < -0.4 is 5.32 Å². The van der Waals surface area contributed by atoms with Crippen molar-refractivity contribution < 1.29 is 24.3 Å². The molecule has 1 aromatic carbocycles. The van der Waals surface area contributed by atoms with Crippen LogP contribution in [0.1, 0.15) is 52.6 Å². The molecular weight excluding hydrogens is 524 g/mol. The molecule has 3 unspecified atom stereocenters. The topological polar surface area (TPSA) is 108 Å². The van der Waals surface area contributed by atoms with Crippen LogP contribution in [0.15, 0.2) is 43.0 Å². The van der Waals surface area contributed by atoms with Gasteiger partial charge in [0.2, 0.25) is 6.54 Å². The van der Waals surface area contributed by atoms with Crippen molar-refractivity contribution in [1.82, 2.24) is 24.2 Å². The Bertz CT molecular complexity index is 1320. The van der Waals surface area contributed by atoms with E-state index in [0.717, 1.165) is 0 Å². The maximum Gasteiger partial charge on any atom is 0.259 e. The molecule has 208 valence electrons. The molecule has 0 spiro atoms. The molecule has 1 saturated heterocycles. The minimum absolute atomic E-state index is 0.0310. The number of aromatic nitrogens is 4. The normalized spacial score (nSPS) is 22.4. The lowest BCUT2D eigenvalue weighted by Gasteiger charge is -2.37. The highest BCUT2D eigenvalue weighted by Crippen LogP contribution is 2.50. The van der Waals surface area contributed by atoms with E-state index in [9.17, 15) is 4.79 Å². The van der Waals surface area contributed by atoms with Crippen LogP contribution in [-0.2, 0) is 13.8 Å². The van der Waals surface area contributed by atoms with Crippen molar-refractivity contribution in [1.29, 1.82) is 0 Å². The molecule has 1 aliphatic heterocycles. The number of nitrogens with zero attached hydrogens (tertiary/aromatic N) is 6. The van der Waals surface area contributed by atoms with E-state index in [-0.39, 0.29) is 55.0 Å². The SMILES string of the molecule is [2H]C[C@H]1O[C@@H](n2cnc3c(NC(=O)c4ccccc4)ncnc32)C(F)C1OP(OCC[N+]#[C-])N(C(C)C)C(C)C. The molecule has 13 heteroatoms. The van der Waals surface area contributed by atoms with Crippen LogP contribution >= 0.6 is 8.53 Å². The van der Waals surface area contributed by atoms with Crippen molar-refractivity contribution >= 4 is 31.4 Å². The zero-order chi connectivity index (χ0) is 28.8. The summed E-state index contributed by atoms with van der Waals surface area (Å²) >= 11 is 0. The number of hydrogen-bond donors (Lipinski definition) is 1. The van der Waals surface area contributed by atoms with Crippen molar-refractivity contribution in [2.24, 2.45) is 0 Å². The number of halogens is 1. The first-order chi connectivity index (χ1) is 19.3. The Balaban J connectivity index is 1.59. The molecule has 1 N–H and O–H groups in total. The van der Waals surface area contributed by atoms with Gasteiger partial charge < -0.3 is 23.9 Å². The van der Waals surface area contributed by atoms with Crippen molar-refractivity contribution in [2.45, 2.75) is 71.3 Å². The molecule has 3 heterocycles. The minimum Gasteiger partial charge on any atom is -0.349 e. The maximum absolute atomic E-state index is 16.1. The summed E-state index contributed by atoms with van der Waals surface area (Å²) in [6, 6.07) is 8.72. The summed E-state index contributed by atoms with van der Waals surface area (Å²) in [6.45, 7) is 15.1. The lowest BCUT2D eigenvalue weighted by Crippen LogP contribution is -2.37. The highest BCUT2D eigenvalue weighted by Gasteiger charge is 2.48. The van der Waals surface area contributed by atoms with Gasteiger partial charge in [-0.2, -0.15) is 0 Å². The molecule has 1 fully saturated rings. The summed E-state index contributed by atoms with van der Waals surface area (Å²) in [6.07, 6.45) is -2.20. The molecule has 39 heavy (non-hydrogen) atoms. The van der Waals surface area contributed by atoms with Crippen LogP contribution in [0.2, 0.25) is 0 Å². The van der Waals surface area contributed by atoms with Gasteiger partial charge in [0, 0.05) is 19.0 Å². The third-order valence-corrected chi connectivity index (χ3v) is 8.16. The van der Waals surface area contributed by atoms with Gasteiger partial charge in [-0.1, -0.05) is 18.2 Å². The zero-order valence-corrected chi connectivity index (χ0v) is 23.2. The van der Waals surface area contributed by atoms with Crippen LogP contribution in [0.4, 0.5) is 10.2 Å². The van der Waals surface area contributed by atoms with E-state index in [1.807, 2.05) is 38.4 Å². The molecule has 0 bridgehead atoms. The number of carbonyl (C=O) groups excluding carboxylic acids is 1. The van der Waals surface area contributed by atoms with Crippen LogP contribution in [0.25, 0.3) is 16.0 Å². The lowest BCUT2D eigenvalue weighted by molar-refractivity contribution is -0.0132. The first-order valence-corrected chi connectivity index (χ1v) is 13.7. The highest BCUT2D eigenvalue weighted by atomic mass is 31.2. The van der Waals surface area contributed by atoms with E-state index in [1.165, 1.54) is 17.2 Å². The van der Waals surface area contributed by atoms with E-state index in [4.69, 9.17) is 21.7 Å². The van der Waals surface area contributed by atoms with Gasteiger partial charge >= 0.3 is 0 Å². The van der Waals surface area contributed by atoms with Crippen LogP contribution in [-0.4, -0.2) is 73.7 Å². The summed E-state index contributed by atoms with van der Waals surface area (Å²) in [5, 5.41) is 2.73. The second-order valence-corrected chi connectivity index (χ2v) is 10.9. The average molecular weight is 559 g/mol. The van der Waals surface area contributed by atoms with Gasteiger partial charge in [0.25, 0.3) is 14.4 Å². The number of fused-ring (bicyclic) bond motifs is 1. The Morgan fingerprint density at radius 3 is 2.69 bits per heavy atom. The predicted octanol–water partition coefficient (Wildman–Crippen LogP) is 5.00. The highest BCUT2D eigenvalue weighted by molar-refractivity contribution is 7.44. The Kier molecular flexibility index (Phi) is 9.06. The number of amides is 1. The zero-order valence-electron chi connectivity index (χ0n) is 23.3. The standard InChI is InChI=1S/C26H33FN7O4P/c1-16(2)34(17(3)4)39(36-13-12-28-6)38-22-18(5)37-26(20(22)27)33-15-31-21-23(29-14-30-24(21)33)32-25(35)19-10-8-7-9-11-19/h7-11,14-18,20,22,26H,12-13H2,1-5H3,(H,29,30,32,35)/t18-,20?,22?,26-,39?/m1/s1/i5D. The summed E-state index contributed by atoms with van der Waals surface area (Å²) in [5.41, 5.74) is 0.976. The summed E-state index contributed by atoms with van der Waals surface area (Å²) in [4.78, 5) is 28.8. The van der Waals surface area contributed by atoms with E-state index in [1.54, 1.807) is 24.3 Å². The smallest absolute Gasteiger partial charge is 0.259 e. The first-order valence-electron chi connectivity index (χ1n) is 13.3. The average Bonchev–Trinajstić information content (AvgIpc) is 3.50. The third kappa shape index (κ3) is 6.40. The molecule has 3 aromatic rings. The number of imidazole rings is 1. The number of nitrogens with one attached hydrogen (secondary N) is 1. The maximum atomic E-state index is 16.1. The molecule has 4 rings (SSSR count). The van der Waals surface area contributed by atoms with Gasteiger partial charge in [0.15, 0.2) is 29.4 Å². The van der Waals surface area contributed by atoms with Gasteiger partial charge in [-0.25, -0.2) is 30.6 Å². The van der Waals surface area contributed by atoms with Gasteiger partial charge in [0.1, 0.15) is 19.0 Å². The predicted molar refractivity (Wildman–Crippen MR) is 146 cm³/mol. The van der Waals surface area contributed by atoms with Crippen LogP contribution in [0.3, 0.4) is 0 Å². The van der Waals surface area contributed by atoms with Gasteiger partial charge in [-0.15, -0.1) is 0 Å². The summed E-state index contributed by atoms with van der Waals surface area (Å²) in [5.74, 6) is -0.193. The molecule has 1 aliphatic rings. The molecule has 1 amide bonds. The van der Waals surface area contributed by atoms with Crippen molar-refractivity contribution in [3.8, 4) is 0 Å². The Hall–Kier alpha value is -3.07. The molecular formula is C26H33FN7O4P. The van der Waals surface area contributed by atoms with Gasteiger partial charge in [-0.3, -0.25) is 9.36 Å². The van der Waals surface area contributed by atoms with E-state index < -0.39 is 33.1 Å². The molecule has 0 saturated carbocycles. The van der Waals surface area contributed by atoms with E-state index in [0.29, 0.717) is 5.56 Å². The Labute approximate surface area is 229 Å². The first kappa shape index (κ1) is 27.5. The van der Waals surface area contributed by atoms with E-state index in [2.05, 4.69) is 25.1 Å². The Morgan fingerprint density at radius 2 is 2.03 bits per heavy atom. The number of carbonyl (C=O) groups is 1. The second-order valence-electron chi connectivity index (χ2n) is 9.47. The summed E-state index contributed by atoms with van der Waals surface area (Å²) in [7, 11) is -1.74. The third-order valence-electron chi connectivity index (χ3n) is 6.03. The molecule has 2 aromatic heterocycles. The monoisotopic (exact) mass is 558 g/mol. The number of anilines is 1. The minimum atomic E-state index is -1.74. The molecule has 11 nitrogen and oxygen atoms in total. The van der Waals surface area contributed by atoms with Gasteiger partial charge in [-0.05, 0) is 46.7 Å². The molecule has 5 atom stereocenters. The van der Waals surface area contributed by atoms with Crippen molar-refractivity contribution in [3.05, 3.63) is 60.0 Å². The fourth-order valence-electron chi connectivity index (χ4n) is 4.34. The number of ether oxygens (including phenoxy) is 1. The molecule has 0 radical (unpaired) electrons. The second kappa shape index (κ2) is 12.9.